The number of carbonyl (C=O) groups is 1. The molecule has 120 valence electrons. The van der Waals surface area contributed by atoms with E-state index in [9.17, 15) is 4.79 Å². The van der Waals surface area contributed by atoms with E-state index < -0.39 is 0 Å². The first-order chi connectivity index (χ1) is 8.79. The van der Waals surface area contributed by atoms with E-state index in [1.54, 1.807) is 0 Å². The molecule has 2 fully saturated rings. The van der Waals surface area contributed by atoms with Crippen LogP contribution in [0, 0.1) is 0 Å². The van der Waals surface area contributed by atoms with Crippen molar-refractivity contribution in [2.24, 2.45) is 5.73 Å². The summed E-state index contributed by atoms with van der Waals surface area (Å²) in [6.45, 7) is 8.45. The average Bonchev–Trinajstić information content (AvgIpc) is 2.81. The van der Waals surface area contributed by atoms with Gasteiger partial charge in [-0.25, -0.2) is 0 Å². The molecule has 0 aromatic carbocycles. The van der Waals surface area contributed by atoms with Gasteiger partial charge in [-0.2, -0.15) is 0 Å². The van der Waals surface area contributed by atoms with Crippen LogP contribution in [-0.4, -0.2) is 79.5 Å². The van der Waals surface area contributed by atoms with Crippen molar-refractivity contribution < 1.29 is 4.79 Å². The maximum Gasteiger partial charge on any atom is 0.236 e. The average molecular weight is 327 g/mol. The number of likely N-dealkylation sites (tertiary alicyclic amines) is 1. The molecule has 0 atom stereocenters. The standard InChI is InChI=1S/C13H26N4O.2ClH/c14-4-9-15-5-3-6-16(11-10-15)12-13(18)17-7-1-2-8-17;;/h1-12,14H2;2*1H. The van der Waals surface area contributed by atoms with Gasteiger partial charge in [0.1, 0.15) is 0 Å². The van der Waals surface area contributed by atoms with Gasteiger partial charge in [0.25, 0.3) is 0 Å². The normalized spacial score (nSPS) is 20.9. The predicted octanol–water partition coefficient (Wildman–Crippen LogP) is 0.419. The number of amides is 1. The first kappa shape index (κ1) is 19.9. The van der Waals surface area contributed by atoms with Crippen molar-refractivity contribution in [1.29, 1.82) is 0 Å². The van der Waals surface area contributed by atoms with Gasteiger partial charge in [0.15, 0.2) is 0 Å². The fourth-order valence-corrected chi connectivity index (χ4v) is 2.85. The van der Waals surface area contributed by atoms with Gasteiger partial charge in [-0.05, 0) is 32.4 Å². The van der Waals surface area contributed by atoms with Crippen LogP contribution in [0.2, 0.25) is 0 Å². The summed E-state index contributed by atoms with van der Waals surface area (Å²) in [5.41, 5.74) is 5.59. The summed E-state index contributed by atoms with van der Waals surface area (Å²) in [7, 11) is 0. The first-order valence-corrected chi connectivity index (χ1v) is 7.22. The molecule has 0 aliphatic carbocycles. The topological polar surface area (TPSA) is 52.8 Å². The molecule has 2 rings (SSSR count). The molecule has 0 aromatic rings. The van der Waals surface area contributed by atoms with Crippen molar-refractivity contribution in [3.8, 4) is 0 Å². The molecular formula is C13H28Cl2N4O. The van der Waals surface area contributed by atoms with Crippen molar-refractivity contribution in [2.45, 2.75) is 19.3 Å². The minimum Gasteiger partial charge on any atom is -0.342 e. The Morgan fingerprint density at radius 1 is 0.850 bits per heavy atom. The molecule has 2 aliphatic heterocycles. The van der Waals surface area contributed by atoms with Gasteiger partial charge in [0.2, 0.25) is 5.91 Å². The summed E-state index contributed by atoms with van der Waals surface area (Å²) in [5.74, 6) is 0.319. The van der Waals surface area contributed by atoms with Gasteiger partial charge in [-0.1, -0.05) is 0 Å². The van der Waals surface area contributed by atoms with Gasteiger partial charge in [-0.15, -0.1) is 24.8 Å². The molecule has 7 heteroatoms. The second-order valence-corrected chi connectivity index (χ2v) is 5.35. The van der Waals surface area contributed by atoms with E-state index in [0.717, 1.165) is 58.8 Å². The number of carbonyl (C=O) groups excluding carboxylic acids is 1. The number of nitrogens with zero attached hydrogens (tertiary/aromatic N) is 3. The molecule has 0 spiro atoms. The highest BCUT2D eigenvalue weighted by Crippen LogP contribution is 2.09. The Bertz CT molecular complexity index is 275. The summed E-state index contributed by atoms with van der Waals surface area (Å²) >= 11 is 0. The van der Waals surface area contributed by atoms with Crippen LogP contribution in [0.15, 0.2) is 0 Å². The maximum atomic E-state index is 12.1. The summed E-state index contributed by atoms with van der Waals surface area (Å²) in [6.07, 6.45) is 3.50. The minimum atomic E-state index is 0. The molecule has 2 N–H and O–H groups in total. The molecule has 5 nitrogen and oxygen atoms in total. The van der Waals surface area contributed by atoms with Crippen molar-refractivity contribution in [3.05, 3.63) is 0 Å². The number of nitrogens with two attached hydrogens (primary N) is 1. The van der Waals surface area contributed by atoms with E-state index in [1.807, 2.05) is 4.90 Å². The second-order valence-electron chi connectivity index (χ2n) is 5.35. The van der Waals surface area contributed by atoms with Crippen LogP contribution in [0.3, 0.4) is 0 Å². The highest BCUT2D eigenvalue weighted by atomic mass is 35.5. The lowest BCUT2D eigenvalue weighted by Gasteiger charge is -2.23. The van der Waals surface area contributed by atoms with Gasteiger partial charge < -0.3 is 15.5 Å². The Hall–Kier alpha value is -0.0700. The van der Waals surface area contributed by atoms with E-state index in [-0.39, 0.29) is 24.8 Å². The van der Waals surface area contributed by atoms with Gasteiger partial charge >= 0.3 is 0 Å². The monoisotopic (exact) mass is 326 g/mol. The molecule has 0 bridgehead atoms. The van der Waals surface area contributed by atoms with Crippen LogP contribution in [-0.2, 0) is 4.79 Å². The molecule has 2 saturated heterocycles. The Morgan fingerprint density at radius 3 is 2.10 bits per heavy atom. The molecule has 2 aliphatic rings. The van der Waals surface area contributed by atoms with Crippen molar-refractivity contribution in [2.75, 3.05) is 58.9 Å². The summed E-state index contributed by atoms with van der Waals surface area (Å²) in [5, 5.41) is 0. The van der Waals surface area contributed by atoms with Crippen LogP contribution >= 0.6 is 24.8 Å². The number of hydrogen-bond acceptors (Lipinski definition) is 4. The summed E-state index contributed by atoms with van der Waals surface area (Å²) < 4.78 is 0. The van der Waals surface area contributed by atoms with Gasteiger partial charge in [0.05, 0.1) is 6.54 Å². The third-order valence-corrected chi connectivity index (χ3v) is 3.94. The number of rotatable bonds is 4. The third-order valence-electron chi connectivity index (χ3n) is 3.94. The zero-order valence-electron chi connectivity index (χ0n) is 12.1. The highest BCUT2D eigenvalue weighted by Gasteiger charge is 2.21. The van der Waals surface area contributed by atoms with Crippen LogP contribution in [0.4, 0.5) is 0 Å². The van der Waals surface area contributed by atoms with E-state index in [1.165, 1.54) is 12.8 Å². The van der Waals surface area contributed by atoms with Crippen LogP contribution in [0.5, 0.6) is 0 Å². The number of hydrogen-bond donors (Lipinski definition) is 1. The van der Waals surface area contributed by atoms with Crippen molar-refractivity contribution in [3.63, 3.8) is 0 Å². The van der Waals surface area contributed by atoms with E-state index in [4.69, 9.17) is 5.73 Å². The summed E-state index contributed by atoms with van der Waals surface area (Å²) in [6, 6.07) is 0. The molecule has 1 amide bonds. The maximum absolute atomic E-state index is 12.1. The van der Waals surface area contributed by atoms with Crippen LogP contribution < -0.4 is 5.73 Å². The molecule has 20 heavy (non-hydrogen) atoms. The summed E-state index contributed by atoms with van der Waals surface area (Å²) in [4.78, 5) is 18.8. The van der Waals surface area contributed by atoms with Crippen molar-refractivity contribution in [1.82, 2.24) is 14.7 Å². The van der Waals surface area contributed by atoms with E-state index >= 15 is 0 Å². The van der Waals surface area contributed by atoms with Crippen LogP contribution in [0.25, 0.3) is 0 Å². The quantitative estimate of drug-likeness (QED) is 0.813. The lowest BCUT2D eigenvalue weighted by atomic mass is 10.3. The third kappa shape index (κ3) is 6.14. The molecule has 0 unspecified atom stereocenters. The fraction of sp³-hybridized carbons (Fsp3) is 0.923. The molecule has 2 heterocycles. The Balaban J connectivity index is 0.00000180. The zero-order valence-corrected chi connectivity index (χ0v) is 13.8. The molecule has 0 radical (unpaired) electrons. The predicted molar refractivity (Wildman–Crippen MR) is 86.9 cm³/mol. The highest BCUT2D eigenvalue weighted by molar-refractivity contribution is 5.85. The molecule has 0 saturated carbocycles. The zero-order chi connectivity index (χ0) is 12.8. The van der Waals surface area contributed by atoms with E-state index in [0.29, 0.717) is 12.5 Å². The SMILES string of the molecule is Cl.Cl.NCCN1CCCN(CC(=O)N2CCCC2)CC1. The smallest absolute Gasteiger partial charge is 0.236 e. The molecular weight excluding hydrogens is 299 g/mol. The van der Waals surface area contributed by atoms with Crippen LogP contribution in [0.1, 0.15) is 19.3 Å². The molecule has 0 aromatic heterocycles. The van der Waals surface area contributed by atoms with Gasteiger partial charge in [-0.3, -0.25) is 9.69 Å². The minimum absolute atomic E-state index is 0. The van der Waals surface area contributed by atoms with Crippen molar-refractivity contribution >= 4 is 30.7 Å². The lowest BCUT2D eigenvalue weighted by molar-refractivity contribution is -0.131. The number of halogens is 2. The van der Waals surface area contributed by atoms with E-state index in [2.05, 4.69) is 9.80 Å². The Morgan fingerprint density at radius 2 is 1.45 bits per heavy atom. The Kier molecular flexibility index (Phi) is 10.6. The Labute approximate surface area is 134 Å². The first-order valence-electron chi connectivity index (χ1n) is 7.22. The fourth-order valence-electron chi connectivity index (χ4n) is 2.85. The lowest BCUT2D eigenvalue weighted by Crippen LogP contribution is -2.40. The second kappa shape index (κ2) is 10.6. The van der Waals surface area contributed by atoms with Gasteiger partial charge in [0, 0.05) is 39.3 Å². The largest absolute Gasteiger partial charge is 0.342 e.